The Morgan fingerprint density at radius 1 is 1.22 bits per heavy atom. The third-order valence-corrected chi connectivity index (χ3v) is 3.74. The van der Waals surface area contributed by atoms with Gasteiger partial charge < -0.3 is 13.9 Å². The molecule has 0 aromatic carbocycles. The minimum Gasteiger partial charge on any atom is -0.406 e. The summed E-state index contributed by atoms with van der Waals surface area (Å²) in [7, 11) is 1.54. The van der Waals surface area contributed by atoms with Gasteiger partial charge in [-0.15, -0.1) is 12.3 Å². The van der Waals surface area contributed by atoms with Crippen molar-refractivity contribution >= 4 is 8.32 Å². The fraction of sp³-hybridized carbons (Fsp3) is 0.857. The molecule has 0 spiro atoms. The Bertz CT molecular complexity index is 263. The van der Waals surface area contributed by atoms with Crippen molar-refractivity contribution in [2.24, 2.45) is 0 Å². The maximum Gasteiger partial charge on any atom is 0.185 e. The van der Waals surface area contributed by atoms with Gasteiger partial charge in [-0.2, -0.15) is 0 Å². The number of methoxy groups -OCH3 is 2. The lowest BCUT2D eigenvalue weighted by molar-refractivity contribution is -0.208. The Labute approximate surface area is 113 Å². The average Bonchev–Trinajstić information content (AvgIpc) is 2.26. The zero-order chi connectivity index (χ0) is 14.2. The molecule has 18 heavy (non-hydrogen) atoms. The fourth-order valence-corrected chi connectivity index (χ4v) is 3.70. The molecule has 0 amide bonds. The van der Waals surface area contributed by atoms with Gasteiger partial charge in [0.25, 0.3) is 0 Å². The van der Waals surface area contributed by atoms with Crippen LogP contribution >= 0.6 is 0 Å². The molecule has 0 saturated heterocycles. The number of hydrogen-bond donors (Lipinski definition) is 0. The van der Waals surface area contributed by atoms with E-state index in [1.807, 2.05) is 0 Å². The third kappa shape index (κ3) is 5.53. The average molecular weight is 272 g/mol. The normalized spacial score (nSPS) is 15.4. The van der Waals surface area contributed by atoms with Gasteiger partial charge >= 0.3 is 0 Å². The minimum absolute atomic E-state index is 0.410. The minimum atomic E-state index is -1.73. The van der Waals surface area contributed by atoms with E-state index in [9.17, 15) is 0 Å². The molecule has 0 aromatic rings. The topological polar surface area (TPSA) is 27.7 Å². The number of terminal acetylenes is 1. The maximum absolute atomic E-state index is 6.36. The largest absolute Gasteiger partial charge is 0.406 e. The molecular weight excluding hydrogens is 244 g/mol. The van der Waals surface area contributed by atoms with Gasteiger partial charge in [0.2, 0.25) is 0 Å². The summed E-state index contributed by atoms with van der Waals surface area (Å²) in [5.74, 6) is 2.73. The quantitative estimate of drug-likeness (QED) is 0.366. The van der Waals surface area contributed by atoms with Crippen molar-refractivity contribution < 1.29 is 13.9 Å². The van der Waals surface area contributed by atoms with Gasteiger partial charge in [-0.3, -0.25) is 0 Å². The Kier molecular flexibility index (Phi) is 7.80. The van der Waals surface area contributed by atoms with E-state index < -0.39 is 20.2 Å². The van der Waals surface area contributed by atoms with E-state index in [0.29, 0.717) is 6.42 Å². The number of ether oxygens (including phenoxy) is 2. The molecule has 0 aliphatic heterocycles. The van der Waals surface area contributed by atoms with Gasteiger partial charge in [-0.1, -0.05) is 19.8 Å². The molecule has 0 aromatic heterocycles. The molecule has 0 saturated carbocycles. The first-order valence-electron chi connectivity index (χ1n) is 6.54. The SMILES string of the molecule is C#CCC(CCCC)(O[Si](C)(C)C)C(OC)OC. The summed E-state index contributed by atoms with van der Waals surface area (Å²) in [6.45, 7) is 8.63. The Morgan fingerprint density at radius 2 is 1.78 bits per heavy atom. The van der Waals surface area contributed by atoms with Crippen molar-refractivity contribution in [3.05, 3.63) is 0 Å². The monoisotopic (exact) mass is 272 g/mol. The van der Waals surface area contributed by atoms with Gasteiger partial charge in [-0.05, 0) is 26.1 Å². The lowest BCUT2D eigenvalue weighted by Gasteiger charge is -2.42. The van der Waals surface area contributed by atoms with E-state index in [-0.39, 0.29) is 0 Å². The molecular formula is C14H28O3Si. The highest BCUT2D eigenvalue weighted by molar-refractivity contribution is 6.69. The molecule has 106 valence electrons. The van der Waals surface area contributed by atoms with Crippen molar-refractivity contribution in [1.29, 1.82) is 0 Å². The highest BCUT2D eigenvalue weighted by Crippen LogP contribution is 2.32. The molecule has 0 radical (unpaired) electrons. The molecule has 3 nitrogen and oxygen atoms in total. The number of unbranched alkanes of at least 4 members (excludes halogenated alkanes) is 1. The van der Waals surface area contributed by atoms with Crippen LogP contribution in [0.25, 0.3) is 0 Å². The summed E-state index contributed by atoms with van der Waals surface area (Å²) in [4.78, 5) is 0. The van der Waals surface area contributed by atoms with E-state index >= 15 is 0 Å². The van der Waals surface area contributed by atoms with Crippen molar-refractivity contribution in [2.45, 2.75) is 64.1 Å². The van der Waals surface area contributed by atoms with E-state index in [2.05, 4.69) is 32.5 Å². The molecule has 0 rings (SSSR count). The van der Waals surface area contributed by atoms with Crippen LogP contribution in [0, 0.1) is 12.3 Å². The third-order valence-electron chi connectivity index (χ3n) is 2.72. The first kappa shape index (κ1) is 17.7. The zero-order valence-electron chi connectivity index (χ0n) is 12.7. The van der Waals surface area contributed by atoms with Crippen LogP contribution in [0.1, 0.15) is 32.6 Å². The summed E-state index contributed by atoms with van der Waals surface area (Å²) in [5.41, 5.74) is -0.515. The van der Waals surface area contributed by atoms with Crippen LogP contribution in [0.15, 0.2) is 0 Å². The second-order valence-electron chi connectivity index (χ2n) is 5.57. The molecule has 0 aliphatic carbocycles. The van der Waals surface area contributed by atoms with E-state index in [1.165, 1.54) is 0 Å². The van der Waals surface area contributed by atoms with Crippen molar-refractivity contribution in [1.82, 2.24) is 0 Å². The molecule has 0 aliphatic rings. The summed E-state index contributed by atoms with van der Waals surface area (Å²) in [6, 6.07) is 0. The highest BCUT2D eigenvalue weighted by Gasteiger charge is 2.42. The summed E-state index contributed by atoms with van der Waals surface area (Å²) < 4.78 is 17.2. The lowest BCUT2D eigenvalue weighted by atomic mass is 9.92. The van der Waals surface area contributed by atoms with Crippen LogP contribution in [0.3, 0.4) is 0 Å². The predicted octanol–water partition coefficient (Wildman–Crippen LogP) is 3.41. The van der Waals surface area contributed by atoms with Crippen LogP contribution in [-0.4, -0.2) is 34.4 Å². The first-order chi connectivity index (χ1) is 8.35. The molecule has 0 fully saturated rings. The van der Waals surface area contributed by atoms with Crippen molar-refractivity contribution in [2.75, 3.05) is 14.2 Å². The molecule has 4 heteroatoms. The molecule has 0 heterocycles. The van der Waals surface area contributed by atoms with Crippen LogP contribution in [0.5, 0.6) is 0 Å². The summed E-state index contributed by atoms with van der Waals surface area (Å²) >= 11 is 0. The van der Waals surface area contributed by atoms with Crippen molar-refractivity contribution in [3.8, 4) is 12.3 Å². The Balaban J connectivity index is 5.19. The van der Waals surface area contributed by atoms with Crippen LogP contribution in [0.2, 0.25) is 19.6 Å². The molecule has 1 atom stereocenters. The zero-order valence-corrected chi connectivity index (χ0v) is 13.7. The number of hydrogen-bond acceptors (Lipinski definition) is 3. The second kappa shape index (κ2) is 7.95. The van der Waals surface area contributed by atoms with E-state index in [0.717, 1.165) is 19.3 Å². The first-order valence-corrected chi connectivity index (χ1v) is 9.95. The second-order valence-corrected chi connectivity index (χ2v) is 10.00. The predicted molar refractivity (Wildman–Crippen MR) is 77.9 cm³/mol. The number of rotatable bonds is 9. The highest BCUT2D eigenvalue weighted by atomic mass is 28.4. The molecule has 0 bridgehead atoms. The molecule has 0 N–H and O–H groups in total. The molecule has 1 unspecified atom stereocenters. The Morgan fingerprint density at radius 3 is 2.11 bits per heavy atom. The van der Waals surface area contributed by atoms with Gasteiger partial charge in [0.15, 0.2) is 14.6 Å². The van der Waals surface area contributed by atoms with Crippen LogP contribution < -0.4 is 0 Å². The van der Waals surface area contributed by atoms with Crippen LogP contribution in [-0.2, 0) is 13.9 Å². The van der Waals surface area contributed by atoms with Crippen LogP contribution in [0.4, 0.5) is 0 Å². The van der Waals surface area contributed by atoms with Crippen molar-refractivity contribution in [3.63, 3.8) is 0 Å². The van der Waals surface area contributed by atoms with Gasteiger partial charge in [-0.25, -0.2) is 0 Å². The standard InChI is InChI=1S/C14H28O3Si/c1-8-10-12-14(11-9-2,13(15-3)16-4)17-18(5,6)7/h2,13H,8,10-12H2,1,3-7H3. The Hall–Kier alpha value is -0.343. The maximum atomic E-state index is 6.36. The smallest absolute Gasteiger partial charge is 0.185 e. The van der Waals surface area contributed by atoms with E-state index in [4.69, 9.17) is 20.3 Å². The summed E-state index contributed by atoms with van der Waals surface area (Å²) in [6.07, 6.45) is 8.65. The van der Waals surface area contributed by atoms with Gasteiger partial charge in [0, 0.05) is 20.6 Å². The van der Waals surface area contributed by atoms with Gasteiger partial charge in [0.1, 0.15) is 5.60 Å². The van der Waals surface area contributed by atoms with E-state index in [1.54, 1.807) is 14.2 Å². The van der Waals surface area contributed by atoms with Gasteiger partial charge in [0.05, 0.1) is 0 Å². The fourth-order valence-electron chi connectivity index (χ4n) is 2.21. The summed E-state index contributed by atoms with van der Waals surface area (Å²) in [5, 5.41) is 0. The lowest BCUT2D eigenvalue weighted by Crippen LogP contribution is -2.52.